The number of nitrogens with zero attached hydrogens (tertiary/aromatic N) is 3. The first-order valence-electron chi connectivity index (χ1n) is 8.14. The van der Waals surface area contributed by atoms with E-state index in [0.717, 1.165) is 19.5 Å². The van der Waals surface area contributed by atoms with Crippen LogP contribution in [0.15, 0.2) is 24.3 Å². The van der Waals surface area contributed by atoms with Crippen LogP contribution in [-0.2, 0) is 13.0 Å². The number of hydrogen-bond donors (Lipinski definition) is 2. The first-order chi connectivity index (χ1) is 13.6. The third-order valence-electron chi connectivity index (χ3n) is 4.12. The van der Waals surface area contributed by atoms with E-state index in [4.69, 9.17) is 4.74 Å². The van der Waals surface area contributed by atoms with Gasteiger partial charge < -0.3 is 20.3 Å². The Morgan fingerprint density at radius 3 is 2.03 bits per heavy atom. The lowest BCUT2D eigenvalue weighted by Crippen LogP contribution is -2.84. The standard InChI is InChI=1S/C10H13NO2.C6H3N3O7/c1-13-10-5-7-2-3-11-6-8(7)4-9(10)12;10-6-4(8(13)14)1-3(7(11)12)2-5(6)9(15)16/h4-5,11-12H,2-3,6H2,1H3;1-2,10H. The Kier molecular flexibility index (Phi) is 6.46. The van der Waals surface area contributed by atoms with Gasteiger partial charge in [0, 0.05) is 12.0 Å². The second kappa shape index (κ2) is 8.79. The topological polar surface area (TPSA) is 199 Å². The van der Waals surface area contributed by atoms with Crippen LogP contribution < -0.4 is 15.2 Å². The first-order valence-corrected chi connectivity index (χ1v) is 8.14. The molecule has 0 fully saturated rings. The Labute approximate surface area is 162 Å². The fraction of sp³-hybridized carbons (Fsp3) is 0.250. The number of quaternary nitrogens is 1. The number of benzene rings is 2. The van der Waals surface area contributed by atoms with Gasteiger partial charge in [0.1, 0.15) is 6.54 Å². The number of nitrogens with two attached hydrogens (primary N) is 1. The molecule has 0 aliphatic carbocycles. The quantitative estimate of drug-likeness (QED) is 0.534. The number of nitro benzene ring substituents is 3. The molecular weight excluding hydrogens is 392 g/mol. The van der Waals surface area contributed by atoms with Crippen molar-refractivity contribution in [3.8, 4) is 17.2 Å². The maximum absolute atomic E-state index is 11.1. The second-order valence-corrected chi connectivity index (χ2v) is 5.91. The van der Waals surface area contributed by atoms with E-state index in [-0.39, 0.29) is 5.75 Å². The summed E-state index contributed by atoms with van der Waals surface area (Å²) >= 11 is 0. The molecule has 3 N–H and O–H groups in total. The third kappa shape index (κ3) is 4.84. The number of nitro groups is 3. The number of phenolic OH excluding ortho intramolecular Hbond substituents is 1. The molecule has 3 rings (SSSR count). The lowest BCUT2D eigenvalue weighted by atomic mass is 10.0. The Hall–Kier alpha value is -4.00. The van der Waals surface area contributed by atoms with Crippen LogP contribution in [0, 0.1) is 30.3 Å². The molecule has 154 valence electrons. The highest BCUT2D eigenvalue weighted by molar-refractivity contribution is 5.64. The zero-order valence-electron chi connectivity index (χ0n) is 15.1. The fourth-order valence-corrected chi connectivity index (χ4v) is 2.72. The monoisotopic (exact) mass is 408 g/mol. The van der Waals surface area contributed by atoms with Crippen molar-refractivity contribution < 1.29 is 35.0 Å². The molecule has 0 amide bonds. The van der Waals surface area contributed by atoms with E-state index in [1.165, 1.54) is 11.1 Å². The van der Waals surface area contributed by atoms with Crippen LogP contribution in [0.1, 0.15) is 11.1 Å². The molecule has 1 heterocycles. The molecule has 2 aromatic carbocycles. The molecule has 0 radical (unpaired) electrons. The van der Waals surface area contributed by atoms with Crippen LogP contribution in [0.4, 0.5) is 17.1 Å². The van der Waals surface area contributed by atoms with Crippen LogP contribution in [-0.4, -0.2) is 33.5 Å². The largest absolute Gasteiger partial charge is 0.863 e. The minimum Gasteiger partial charge on any atom is -0.863 e. The highest BCUT2D eigenvalue weighted by Gasteiger charge is 2.24. The number of fused-ring (bicyclic) bond motifs is 1. The van der Waals surface area contributed by atoms with Crippen molar-refractivity contribution in [1.29, 1.82) is 0 Å². The Balaban J connectivity index is 0.000000211. The van der Waals surface area contributed by atoms with Gasteiger partial charge in [-0.3, -0.25) is 30.3 Å². The molecule has 0 bridgehead atoms. The van der Waals surface area contributed by atoms with Crippen LogP contribution in [0.25, 0.3) is 0 Å². The molecule has 1 aliphatic rings. The zero-order chi connectivity index (χ0) is 21.7. The molecule has 0 spiro atoms. The van der Waals surface area contributed by atoms with Gasteiger partial charge in [0.25, 0.3) is 17.1 Å². The molecule has 29 heavy (non-hydrogen) atoms. The van der Waals surface area contributed by atoms with Gasteiger partial charge in [-0.2, -0.15) is 0 Å². The maximum atomic E-state index is 11.1. The van der Waals surface area contributed by atoms with E-state index >= 15 is 0 Å². The number of rotatable bonds is 4. The van der Waals surface area contributed by atoms with E-state index in [9.17, 15) is 40.6 Å². The van der Waals surface area contributed by atoms with E-state index < -0.39 is 37.6 Å². The Bertz CT molecular complexity index is 942. The van der Waals surface area contributed by atoms with E-state index in [2.05, 4.69) is 5.32 Å². The average molecular weight is 408 g/mol. The highest BCUT2D eigenvalue weighted by Crippen LogP contribution is 2.36. The predicted molar refractivity (Wildman–Crippen MR) is 94.7 cm³/mol. The molecule has 0 saturated heterocycles. The summed E-state index contributed by atoms with van der Waals surface area (Å²) in [6.45, 7) is 2.09. The van der Waals surface area contributed by atoms with Gasteiger partial charge >= 0.3 is 0 Å². The maximum Gasteiger partial charge on any atom is 0.283 e. The molecular formula is C16H16N4O9. The lowest BCUT2D eigenvalue weighted by Gasteiger charge is -2.15. The summed E-state index contributed by atoms with van der Waals surface area (Å²) in [6, 6.07) is 4.52. The van der Waals surface area contributed by atoms with Crippen molar-refractivity contribution >= 4 is 17.1 Å². The number of phenols is 1. The van der Waals surface area contributed by atoms with Crippen LogP contribution in [0.2, 0.25) is 0 Å². The van der Waals surface area contributed by atoms with Gasteiger partial charge in [0.15, 0.2) is 11.5 Å². The molecule has 13 nitrogen and oxygen atoms in total. The van der Waals surface area contributed by atoms with E-state index in [0.29, 0.717) is 17.9 Å². The van der Waals surface area contributed by atoms with Crippen molar-refractivity contribution in [2.45, 2.75) is 13.0 Å². The summed E-state index contributed by atoms with van der Waals surface area (Å²) in [5.41, 5.74) is -0.735. The van der Waals surface area contributed by atoms with Crippen LogP contribution in [0.5, 0.6) is 17.2 Å². The van der Waals surface area contributed by atoms with Gasteiger partial charge in [0.2, 0.25) is 0 Å². The van der Waals surface area contributed by atoms with Gasteiger partial charge in [-0.05, 0) is 17.7 Å². The molecule has 1 aliphatic heterocycles. The van der Waals surface area contributed by atoms with Gasteiger partial charge in [-0.15, -0.1) is 0 Å². The number of ether oxygens (including phenoxy) is 1. The smallest absolute Gasteiger partial charge is 0.283 e. The van der Waals surface area contributed by atoms with Crippen molar-refractivity contribution in [3.05, 3.63) is 65.7 Å². The molecule has 0 aromatic heterocycles. The van der Waals surface area contributed by atoms with E-state index in [1.54, 1.807) is 7.11 Å². The van der Waals surface area contributed by atoms with Crippen LogP contribution in [0.3, 0.4) is 0 Å². The molecule has 0 atom stereocenters. The highest BCUT2D eigenvalue weighted by atomic mass is 16.6. The fourth-order valence-electron chi connectivity index (χ4n) is 2.72. The van der Waals surface area contributed by atoms with Crippen molar-refractivity contribution in [2.24, 2.45) is 0 Å². The molecule has 13 heteroatoms. The minimum absolute atomic E-state index is 0.247. The van der Waals surface area contributed by atoms with Crippen molar-refractivity contribution in [2.75, 3.05) is 13.7 Å². The molecule has 0 unspecified atom stereocenters. The van der Waals surface area contributed by atoms with E-state index in [1.807, 2.05) is 12.1 Å². The average Bonchev–Trinajstić information content (AvgIpc) is 2.67. The predicted octanol–water partition coefficient (Wildman–Crippen LogP) is 0.505. The SMILES string of the molecule is COc1cc2c(cc1O)C[NH2+]CC2.O=[N+]([O-])c1cc([N+](=O)[O-])c([O-])c([N+](=O)[O-])c1. The Morgan fingerprint density at radius 1 is 0.966 bits per heavy atom. The first kappa shape index (κ1) is 21.3. The molecule has 2 aromatic rings. The van der Waals surface area contributed by atoms with Gasteiger partial charge in [-0.25, -0.2) is 0 Å². The summed E-state index contributed by atoms with van der Waals surface area (Å²) in [4.78, 5) is 27.5. The summed E-state index contributed by atoms with van der Waals surface area (Å²) in [7, 11) is 1.58. The number of non-ortho nitro benzene ring substituents is 1. The normalized spacial score (nSPS) is 12.2. The second-order valence-electron chi connectivity index (χ2n) is 5.91. The van der Waals surface area contributed by atoms with Gasteiger partial charge in [0.05, 0.1) is 46.3 Å². The lowest BCUT2D eigenvalue weighted by molar-refractivity contribution is -0.673. The van der Waals surface area contributed by atoms with Gasteiger partial charge in [-0.1, -0.05) is 0 Å². The third-order valence-corrected chi connectivity index (χ3v) is 4.12. The van der Waals surface area contributed by atoms with Crippen LogP contribution >= 0.6 is 0 Å². The summed E-state index contributed by atoms with van der Waals surface area (Å²) in [6.07, 6.45) is 1.06. The number of methoxy groups -OCH3 is 1. The summed E-state index contributed by atoms with van der Waals surface area (Å²) in [5.74, 6) is -0.627. The minimum atomic E-state index is -1.46. The zero-order valence-corrected chi connectivity index (χ0v) is 15.1. The number of hydrogen-bond acceptors (Lipinski definition) is 9. The molecule has 0 saturated carbocycles. The van der Waals surface area contributed by atoms with Crippen molar-refractivity contribution in [3.63, 3.8) is 0 Å². The summed E-state index contributed by atoms with van der Waals surface area (Å²) in [5, 5.41) is 53.9. The summed E-state index contributed by atoms with van der Waals surface area (Å²) < 4.78 is 5.05. The van der Waals surface area contributed by atoms with Crippen molar-refractivity contribution in [1.82, 2.24) is 0 Å². The Morgan fingerprint density at radius 2 is 1.55 bits per heavy atom. The number of aromatic hydroxyl groups is 1.